The molecule has 5 nitrogen and oxygen atoms in total. The first-order valence-corrected chi connectivity index (χ1v) is 11.1. The Morgan fingerprint density at radius 3 is 2.06 bits per heavy atom. The van der Waals surface area contributed by atoms with Crippen LogP contribution in [0.25, 0.3) is 0 Å². The molecule has 0 heterocycles. The lowest BCUT2D eigenvalue weighted by atomic mass is 10.00. The topological polar surface area (TPSA) is 61.8 Å². The van der Waals surface area contributed by atoms with Crippen LogP contribution in [0.15, 0.2) is 60.7 Å². The number of rotatable bonds is 10. The first kappa shape index (κ1) is 24.9. The van der Waals surface area contributed by atoms with E-state index in [0.717, 1.165) is 17.7 Å². The van der Waals surface area contributed by atoms with Crippen LogP contribution in [0.4, 0.5) is 4.79 Å². The third kappa shape index (κ3) is 9.53. The Morgan fingerprint density at radius 2 is 1.55 bits per heavy atom. The van der Waals surface area contributed by atoms with Gasteiger partial charge in [0.2, 0.25) is 0 Å². The molecule has 0 saturated carbocycles. The highest BCUT2D eigenvalue weighted by Crippen LogP contribution is 2.15. The zero-order chi connectivity index (χ0) is 22.9. The quantitative estimate of drug-likeness (QED) is 0.581. The number of nitrogens with one attached hydrogen (secondary N) is 1. The van der Waals surface area contributed by atoms with Crippen molar-refractivity contribution in [2.75, 3.05) is 13.1 Å². The van der Waals surface area contributed by atoms with Crippen LogP contribution >= 0.6 is 0 Å². The van der Waals surface area contributed by atoms with Gasteiger partial charge >= 0.3 is 6.09 Å². The molecule has 0 saturated heterocycles. The number of aliphatic hydroxyl groups excluding tert-OH is 1. The minimum atomic E-state index is -0.741. The molecule has 0 spiro atoms. The van der Waals surface area contributed by atoms with Gasteiger partial charge in [0.05, 0.1) is 12.6 Å². The summed E-state index contributed by atoms with van der Waals surface area (Å²) in [5.41, 5.74) is 1.54. The summed E-state index contributed by atoms with van der Waals surface area (Å²) in [5, 5.41) is 14.7. The van der Waals surface area contributed by atoms with Gasteiger partial charge in [-0.3, -0.25) is 0 Å². The van der Waals surface area contributed by atoms with E-state index in [0.29, 0.717) is 18.9 Å². The molecule has 5 heteroatoms. The van der Waals surface area contributed by atoms with Crippen LogP contribution in [-0.2, 0) is 17.7 Å². The predicted molar refractivity (Wildman–Crippen MR) is 126 cm³/mol. The van der Waals surface area contributed by atoms with Gasteiger partial charge in [0.15, 0.2) is 0 Å². The number of aliphatic hydroxyl groups is 1. The van der Waals surface area contributed by atoms with Crippen molar-refractivity contribution in [1.29, 1.82) is 0 Å². The Balaban J connectivity index is 2.17. The van der Waals surface area contributed by atoms with Crippen molar-refractivity contribution in [3.8, 4) is 0 Å². The van der Waals surface area contributed by atoms with Gasteiger partial charge in [0.1, 0.15) is 5.60 Å². The molecule has 2 rings (SSSR count). The summed E-state index contributed by atoms with van der Waals surface area (Å²) in [5.74, 6) is 0.455. The van der Waals surface area contributed by atoms with E-state index in [1.54, 1.807) is 4.90 Å². The van der Waals surface area contributed by atoms with Gasteiger partial charge in [-0.15, -0.1) is 0 Å². The molecule has 2 atom stereocenters. The van der Waals surface area contributed by atoms with Gasteiger partial charge in [0, 0.05) is 12.6 Å². The average molecular weight is 427 g/mol. The first-order valence-electron chi connectivity index (χ1n) is 11.1. The SMILES string of the molecule is CC(C)CN[C@@H](Cc1ccccc1)[C@H](O)CN(Cc1ccccc1)C(=O)OC(C)(C)C. The third-order valence-corrected chi connectivity index (χ3v) is 4.83. The molecule has 0 bridgehead atoms. The molecular formula is C26H38N2O3. The van der Waals surface area contributed by atoms with Crippen LogP contribution < -0.4 is 5.32 Å². The maximum Gasteiger partial charge on any atom is 0.410 e. The number of ether oxygens (including phenoxy) is 1. The zero-order valence-electron chi connectivity index (χ0n) is 19.5. The number of carbonyl (C=O) groups excluding carboxylic acids is 1. The molecule has 0 aliphatic rings. The first-order chi connectivity index (χ1) is 14.6. The average Bonchev–Trinajstić information content (AvgIpc) is 2.70. The second-order valence-electron chi connectivity index (χ2n) is 9.51. The highest BCUT2D eigenvalue weighted by Gasteiger charge is 2.28. The fourth-order valence-electron chi connectivity index (χ4n) is 3.29. The summed E-state index contributed by atoms with van der Waals surface area (Å²) in [6.45, 7) is 11.2. The fourth-order valence-corrected chi connectivity index (χ4v) is 3.29. The Bertz CT molecular complexity index is 772. The molecule has 1 amide bonds. The maximum absolute atomic E-state index is 12.9. The summed E-state index contributed by atoms with van der Waals surface area (Å²) in [7, 11) is 0. The number of amides is 1. The van der Waals surface area contributed by atoms with Gasteiger partial charge in [-0.1, -0.05) is 74.5 Å². The van der Waals surface area contributed by atoms with Crippen LogP contribution in [0.2, 0.25) is 0 Å². The van der Waals surface area contributed by atoms with Gasteiger partial charge in [-0.2, -0.15) is 0 Å². The van der Waals surface area contributed by atoms with Crippen LogP contribution in [0.3, 0.4) is 0 Å². The molecule has 0 aliphatic heterocycles. The van der Waals surface area contributed by atoms with E-state index in [1.165, 1.54) is 0 Å². The monoisotopic (exact) mass is 426 g/mol. The van der Waals surface area contributed by atoms with Gasteiger partial charge < -0.3 is 20.1 Å². The molecule has 0 unspecified atom stereocenters. The summed E-state index contributed by atoms with van der Waals surface area (Å²) in [6.07, 6.45) is -0.477. The van der Waals surface area contributed by atoms with Crippen LogP contribution in [0.5, 0.6) is 0 Å². The minimum absolute atomic E-state index is 0.175. The van der Waals surface area contributed by atoms with Gasteiger partial charge in [-0.05, 0) is 50.8 Å². The van der Waals surface area contributed by atoms with E-state index in [2.05, 4.69) is 31.3 Å². The molecule has 170 valence electrons. The molecule has 2 N–H and O–H groups in total. The molecule has 0 radical (unpaired) electrons. The number of benzene rings is 2. The summed E-state index contributed by atoms with van der Waals surface area (Å²) < 4.78 is 5.62. The van der Waals surface area contributed by atoms with Crippen molar-refractivity contribution >= 4 is 6.09 Å². The van der Waals surface area contributed by atoms with E-state index in [-0.39, 0.29) is 12.6 Å². The van der Waals surface area contributed by atoms with Crippen molar-refractivity contribution < 1.29 is 14.6 Å². The van der Waals surface area contributed by atoms with Crippen molar-refractivity contribution in [1.82, 2.24) is 10.2 Å². The summed E-state index contributed by atoms with van der Waals surface area (Å²) >= 11 is 0. The molecule has 0 fully saturated rings. The Hall–Kier alpha value is -2.37. The highest BCUT2D eigenvalue weighted by molar-refractivity contribution is 5.68. The number of nitrogens with zero attached hydrogens (tertiary/aromatic N) is 1. The smallest absolute Gasteiger partial charge is 0.410 e. The maximum atomic E-state index is 12.9. The molecule has 2 aromatic carbocycles. The summed E-state index contributed by atoms with van der Waals surface area (Å²) in [6, 6.07) is 19.7. The highest BCUT2D eigenvalue weighted by atomic mass is 16.6. The molecule has 2 aromatic rings. The second-order valence-corrected chi connectivity index (χ2v) is 9.51. The van der Waals surface area contributed by atoms with E-state index in [1.807, 2.05) is 69.3 Å². The van der Waals surface area contributed by atoms with Crippen molar-refractivity contribution in [2.24, 2.45) is 5.92 Å². The second kappa shape index (κ2) is 11.9. The van der Waals surface area contributed by atoms with Gasteiger partial charge in [0.25, 0.3) is 0 Å². The van der Waals surface area contributed by atoms with E-state index >= 15 is 0 Å². The molecular weight excluding hydrogens is 388 g/mol. The lowest BCUT2D eigenvalue weighted by Crippen LogP contribution is -2.50. The lowest BCUT2D eigenvalue weighted by molar-refractivity contribution is 0.00803. The summed E-state index contributed by atoms with van der Waals surface area (Å²) in [4.78, 5) is 14.5. The standard InChI is InChI=1S/C26H38N2O3/c1-20(2)17-27-23(16-21-12-8-6-9-13-21)24(29)19-28(25(30)31-26(3,4)5)18-22-14-10-7-11-15-22/h6-15,20,23-24,27,29H,16-19H2,1-5H3/t23-,24+/m0/s1. The van der Waals surface area contributed by atoms with Crippen LogP contribution in [-0.4, -0.2) is 46.9 Å². The normalized spacial score (nSPS) is 13.6. The number of hydrogen-bond donors (Lipinski definition) is 2. The third-order valence-electron chi connectivity index (χ3n) is 4.83. The van der Waals surface area contributed by atoms with Crippen LogP contribution in [0, 0.1) is 5.92 Å². The Morgan fingerprint density at radius 1 is 1.00 bits per heavy atom. The molecule has 0 aromatic heterocycles. The van der Waals surface area contributed by atoms with E-state index in [9.17, 15) is 9.90 Å². The minimum Gasteiger partial charge on any atom is -0.444 e. The number of hydrogen-bond acceptors (Lipinski definition) is 4. The largest absolute Gasteiger partial charge is 0.444 e. The van der Waals surface area contributed by atoms with Gasteiger partial charge in [-0.25, -0.2) is 4.79 Å². The lowest BCUT2D eigenvalue weighted by Gasteiger charge is -2.32. The van der Waals surface area contributed by atoms with Crippen molar-refractivity contribution in [3.63, 3.8) is 0 Å². The number of carbonyl (C=O) groups is 1. The zero-order valence-corrected chi connectivity index (χ0v) is 19.5. The van der Waals surface area contributed by atoms with Crippen molar-refractivity contribution in [3.05, 3.63) is 71.8 Å². The fraction of sp³-hybridized carbons (Fsp3) is 0.500. The van der Waals surface area contributed by atoms with E-state index < -0.39 is 17.8 Å². The molecule has 0 aliphatic carbocycles. The predicted octanol–water partition coefficient (Wildman–Crippen LogP) is 4.64. The van der Waals surface area contributed by atoms with E-state index in [4.69, 9.17) is 4.74 Å². The Kier molecular flexibility index (Phi) is 9.53. The van der Waals surface area contributed by atoms with Crippen molar-refractivity contribution in [2.45, 2.75) is 65.3 Å². The van der Waals surface area contributed by atoms with Crippen LogP contribution in [0.1, 0.15) is 45.7 Å². The Labute approximate surface area is 187 Å². The molecule has 31 heavy (non-hydrogen) atoms.